The van der Waals surface area contributed by atoms with E-state index in [-0.39, 0.29) is 11.5 Å². The minimum atomic E-state index is -0.122. The molecule has 1 aliphatic heterocycles. The molecule has 0 amide bonds. The summed E-state index contributed by atoms with van der Waals surface area (Å²) in [6.07, 6.45) is 2.78. The number of hydrogen-bond donors (Lipinski definition) is 1. The van der Waals surface area contributed by atoms with Gasteiger partial charge >= 0.3 is 0 Å². The van der Waals surface area contributed by atoms with Gasteiger partial charge in [-0.3, -0.25) is 0 Å². The van der Waals surface area contributed by atoms with Gasteiger partial charge in [0.25, 0.3) is 0 Å². The molecule has 1 saturated heterocycles. The number of ether oxygens (including phenoxy) is 1. The largest absolute Gasteiger partial charge is 0.378 e. The number of nitrogens with zero attached hydrogens (tertiary/aromatic N) is 4. The number of halogens is 1. The van der Waals surface area contributed by atoms with E-state index in [1.54, 1.807) is 13.3 Å². The molecular formula is C19H26ClN5O. The molecule has 1 unspecified atom stereocenters. The summed E-state index contributed by atoms with van der Waals surface area (Å²) in [5.41, 5.74) is 0.765. The smallest absolute Gasteiger partial charge is 0.147 e. The molecule has 0 radical (unpaired) electrons. The van der Waals surface area contributed by atoms with Crippen molar-refractivity contribution in [2.24, 2.45) is 0 Å². The lowest BCUT2D eigenvalue weighted by atomic mass is 9.95. The summed E-state index contributed by atoms with van der Waals surface area (Å²) < 4.78 is 5.26. The minimum Gasteiger partial charge on any atom is -0.378 e. The minimum absolute atomic E-state index is 0.122. The van der Waals surface area contributed by atoms with E-state index in [0.29, 0.717) is 11.6 Å². The fourth-order valence-corrected chi connectivity index (χ4v) is 3.26. The van der Waals surface area contributed by atoms with Gasteiger partial charge in [0.1, 0.15) is 17.5 Å². The number of rotatable bonds is 5. The van der Waals surface area contributed by atoms with E-state index < -0.39 is 0 Å². The average Bonchev–Trinajstić information content (AvgIpc) is 3.03. The van der Waals surface area contributed by atoms with Gasteiger partial charge in [-0.2, -0.15) is 0 Å². The summed E-state index contributed by atoms with van der Waals surface area (Å²) in [5.74, 6) is 2.50. The van der Waals surface area contributed by atoms with Gasteiger partial charge in [0, 0.05) is 43.9 Å². The zero-order valence-electron chi connectivity index (χ0n) is 15.8. The van der Waals surface area contributed by atoms with Crippen LogP contribution in [0.4, 0.5) is 11.6 Å². The van der Waals surface area contributed by atoms with Crippen molar-refractivity contribution in [3.63, 3.8) is 0 Å². The predicted octanol–water partition coefficient (Wildman–Crippen LogP) is 3.66. The van der Waals surface area contributed by atoms with Crippen LogP contribution < -0.4 is 10.2 Å². The van der Waals surface area contributed by atoms with Gasteiger partial charge in [-0.05, 0) is 18.6 Å². The second kappa shape index (κ2) is 7.76. The Hall–Kier alpha value is -1.92. The molecule has 0 aliphatic carbocycles. The first-order chi connectivity index (χ1) is 12.4. The second-order valence-electron chi connectivity index (χ2n) is 7.64. The zero-order chi connectivity index (χ0) is 18.7. The molecule has 140 valence electrons. The summed E-state index contributed by atoms with van der Waals surface area (Å²) in [5, 5.41) is 4.24. The summed E-state index contributed by atoms with van der Waals surface area (Å²) in [6, 6.07) is 5.98. The van der Waals surface area contributed by atoms with Crippen molar-refractivity contribution in [3.8, 4) is 0 Å². The van der Waals surface area contributed by atoms with Gasteiger partial charge in [-0.25, -0.2) is 15.0 Å². The van der Waals surface area contributed by atoms with E-state index >= 15 is 0 Å². The van der Waals surface area contributed by atoms with Crippen LogP contribution >= 0.6 is 11.6 Å². The summed E-state index contributed by atoms with van der Waals surface area (Å²) >= 11 is 6.28. The van der Waals surface area contributed by atoms with Crippen LogP contribution in [0.15, 0.2) is 24.4 Å². The molecule has 1 fully saturated rings. The van der Waals surface area contributed by atoms with E-state index in [0.717, 1.165) is 42.7 Å². The Bertz CT molecular complexity index is 762. The van der Waals surface area contributed by atoms with Crippen molar-refractivity contribution < 1.29 is 4.74 Å². The van der Waals surface area contributed by atoms with Crippen LogP contribution in [0.2, 0.25) is 5.02 Å². The van der Waals surface area contributed by atoms with E-state index in [9.17, 15) is 0 Å². The monoisotopic (exact) mass is 375 g/mol. The van der Waals surface area contributed by atoms with E-state index in [4.69, 9.17) is 21.3 Å². The molecule has 0 aromatic carbocycles. The lowest BCUT2D eigenvalue weighted by Gasteiger charge is -2.21. The molecule has 3 rings (SSSR count). The number of aromatic nitrogens is 3. The molecule has 2 aromatic heterocycles. The highest BCUT2D eigenvalue weighted by Gasteiger charge is 2.26. The predicted molar refractivity (Wildman–Crippen MR) is 105 cm³/mol. The maximum Gasteiger partial charge on any atom is 0.147 e. The molecular weight excluding hydrogens is 350 g/mol. The third-order valence-electron chi connectivity index (χ3n) is 4.32. The lowest BCUT2D eigenvalue weighted by molar-refractivity contribution is 0.181. The van der Waals surface area contributed by atoms with Crippen molar-refractivity contribution in [1.29, 1.82) is 0 Å². The van der Waals surface area contributed by atoms with Crippen LogP contribution in [0.25, 0.3) is 0 Å². The highest BCUT2D eigenvalue weighted by Crippen LogP contribution is 2.27. The third kappa shape index (κ3) is 4.43. The first-order valence-electron chi connectivity index (χ1n) is 8.86. The average molecular weight is 376 g/mol. The molecule has 26 heavy (non-hydrogen) atoms. The Balaban J connectivity index is 1.75. The standard InChI is InChI=1S/C19H26ClN5O/c1-19(2,3)18-23-14(12-26-4)10-16(24-18)22-13-7-9-25(11-13)17-15(20)6-5-8-21-17/h5-6,8,10,13H,7,9,11-12H2,1-4H3,(H,22,23,24). The molecule has 6 nitrogen and oxygen atoms in total. The van der Waals surface area contributed by atoms with Gasteiger partial charge in [0.05, 0.1) is 17.3 Å². The summed E-state index contributed by atoms with van der Waals surface area (Å²) in [6.45, 7) is 8.57. The zero-order valence-corrected chi connectivity index (χ0v) is 16.5. The fraction of sp³-hybridized carbons (Fsp3) is 0.526. The molecule has 1 N–H and O–H groups in total. The Morgan fingerprint density at radius 3 is 2.85 bits per heavy atom. The van der Waals surface area contributed by atoms with Gasteiger partial charge in [-0.1, -0.05) is 32.4 Å². The van der Waals surface area contributed by atoms with E-state index in [2.05, 4.69) is 41.0 Å². The molecule has 1 atom stereocenters. The van der Waals surface area contributed by atoms with Crippen LogP contribution in [-0.4, -0.2) is 41.2 Å². The van der Waals surface area contributed by atoms with Gasteiger partial charge in [0.2, 0.25) is 0 Å². The fourth-order valence-electron chi connectivity index (χ4n) is 3.02. The number of anilines is 2. The molecule has 3 heterocycles. The van der Waals surface area contributed by atoms with E-state index in [1.807, 2.05) is 18.2 Å². The first-order valence-corrected chi connectivity index (χ1v) is 9.24. The number of methoxy groups -OCH3 is 1. The normalized spacial score (nSPS) is 17.6. The van der Waals surface area contributed by atoms with Crippen molar-refractivity contribution in [1.82, 2.24) is 15.0 Å². The second-order valence-corrected chi connectivity index (χ2v) is 8.04. The Morgan fingerprint density at radius 2 is 2.15 bits per heavy atom. The Morgan fingerprint density at radius 1 is 1.35 bits per heavy atom. The first kappa shape index (κ1) is 18.9. The number of pyridine rings is 1. The summed E-state index contributed by atoms with van der Waals surface area (Å²) in [4.78, 5) is 16.0. The van der Waals surface area contributed by atoms with Crippen molar-refractivity contribution in [2.75, 3.05) is 30.4 Å². The Labute approximate surface area is 160 Å². The molecule has 0 spiro atoms. The molecule has 0 saturated carbocycles. The lowest BCUT2D eigenvalue weighted by Crippen LogP contribution is -2.28. The third-order valence-corrected chi connectivity index (χ3v) is 4.62. The molecule has 1 aliphatic rings. The van der Waals surface area contributed by atoms with Crippen molar-refractivity contribution in [2.45, 2.75) is 45.3 Å². The number of nitrogens with one attached hydrogen (secondary N) is 1. The molecule has 7 heteroatoms. The highest BCUT2D eigenvalue weighted by molar-refractivity contribution is 6.32. The maximum absolute atomic E-state index is 6.28. The van der Waals surface area contributed by atoms with Gasteiger partial charge in [0.15, 0.2) is 0 Å². The van der Waals surface area contributed by atoms with Crippen LogP contribution in [0.1, 0.15) is 38.7 Å². The summed E-state index contributed by atoms with van der Waals surface area (Å²) in [7, 11) is 1.68. The van der Waals surface area contributed by atoms with Gasteiger partial charge in [-0.15, -0.1) is 0 Å². The van der Waals surface area contributed by atoms with E-state index in [1.165, 1.54) is 0 Å². The van der Waals surface area contributed by atoms with Crippen LogP contribution in [0.5, 0.6) is 0 Å². The quantitative estimate of drug-likeness (QED) is 0.860. The SMILES string of the molecule is COCc1cc(NC2CCN(c3ncccc3Cl)C2)nc(C(C)(C)C)n1. The van der Waals surface area contributed by atoms with Crippen LogP contribution in [0, 0.1) is 0 Å². The number of hydrogen-bond acceptors (Lipinski definition) is 6. The molecule has 2 aromatic rings. The maximum atomic E-state index is 6.28. The van der Waals surface area contributed by atoms with Gasteiger partial charge < -0.3 is 15.0 Å². The topological polar surface area (TPSA) is 63.2 Å². The molecule has 0 bridgehead atoms. The van der Waals surface area contributed by atoms with Crippen molar-refractivity contribution >= 4 is 23.2 Å². The Kier molecular flexibility index (Phi) is 5.63. The van der Waals surface area contributed by atoms with Crippen molar-refractivity contribution in [3.05, 3.63) is 40.9 Å². The van der Waals surface area contributed by atoms with Crippen LogP contribution in [-0.2, 0) is 16.8 Å². The highest BCUT2D eigenvalue weighted by atomic mass is 35.5. The van der Waals surface area contributed by atoms with Crippen LogP contribution in [0.3, 0.4) is 0 Å².